The topological polar surface area (TPSA) is 26.3 Å². The van der Waals surface area contributed by atoms with Crippen molar-refractivity contribution in [2.75, 3.05) is 11.9 Å². The Hall–Kier alpha value is -0.180. The van der Waals surface area contributed by atoms with Crippen LogP contribution in [0.2, 0.25) is 12.6 Å². The van der Waals surface area contributed by atoms with Crippen LogP contribution in [-0.2, 0) is 9.53 Å². The van der Waals surface area contributed by atoms with E-state index in [1.54, 1.807) is 0 Å². The third-order valence-electron chi connectivity index (χ3n) is 2.47. The van der Waals surface area contributed by atoms with E-state index in [2.05, 4.69) is 38.2 Å². The molecule has 0 N–H and O–H groups in total. The van der Waals surface area contributed by atoms with E-state index in [9.17, 15) is 4.79 Å². The van der Waals surface area contributed by atoms with Crippen molar-refractivity contribution in [3.8, 4) is 0 Å². The molecule has 0 aliphatic carbocycles. The Morgan fingerprint density at radius 2 is 2.08 bits per heavy atom. The van der Waals surface area contributed by atoms with Crippen molar-refractivity contribution < 1.29 is 9.53 Å². The molecule has 0 bridgehead atoms. The summed E-state index contributed by atoms with van der Waals surface area (Å²) in [4.78, 5) is 10.9. The number of alkyl halides is 1. The van der Waals surface area contributed by atoms with Crippen molar-refractivity contribution in [2.45, 2.75) is 12.6 Å². The van der Waals surface area contributed by atoms with Gasteiger partial charge in [-0.1, -0.05) is 35.1 Å². The highest BCUT2D eigenvalue weighted by atomic mass is 79.9. The molecule has 0 aliphatic heterocycles. The number of esters is 1. The summed E-state index contributed by atoms with van der Waals surface area (Å²) in [5.41, 5.74) is 0.0820. The largest absolute Gasteiger partial charge is 0.462 e. The number of carbonyl (C=O) groups excluding carboxylic acids is 1. The summed E-state index contributed by atoms with van der Waals surface area (Å²) in [5, 5.41) is 0.859. The molecule has 72 valence electrons. The molecule has 0 aromatic carbocycles. The summed E-state index contributed by atoms with van der Waals surface area (Å²) in [6.07, 6.45) is 3.20. The average molecular weight is 245 g/mol. The monoisotopic (exact) mass is 244 g/mol. The van der Waals surface area contributed by atoms with Crippen LogP contribution in [0.4, 0.5) is 0 Å². The lowest BCUT2D eigenvalue weighted by Gasteiger charge is -2.28. The summed E-state index contributed by atoms with van der Waals surface area (Å²) < 4.78 is 5.04. The molecular formula is C8H15B2BrO2. The van der Waals surface area contributed by atoms with Crippen molar-refractivity contribution in [3.63, 3.8) is 0 Å². The lowest BCUT2D eigenvalue weighted by molar-refractivity contribution is -0.140. The van der Waals surface area contributed by atoms with Crippen LogP contribution in [0.3, 0.4) is 0 Å². The maximum Gasteiger partial charge on any atom is 0.330 e. The van der Waals surface area contributed by atoms with Crippen molar-refractivity contribution in [3.05, 3.63) is 12.7 Å². The minimum atomic E-state index is -0.341. The highest BCUT2D eigenvalue weighted by Crippen LogP contribution is 2.28. The first-order chi connectivity index (χ1) is 6.14. The normalized spacial score (nSPS) is 10.8. The van der Waals surface area contributed by atoms with Gasteiger partial charge in [0.15, 0.2) is 0 Å². The van der Waals surface area contributed by atoms with E-state index in [0.717, 1.165) is 18.0 Å². The van der Waals surface area contributed by atoms with Crippen LogP contribution in [0.15, 0.2) is 12.7 Å². The van der Waals surface area contributed by atoms with Crippen LogP contribution in [0, 0.1) is 5.41 Å². The summed E-state index contributed by atoms with van der Waals surface area (Å²) in [6, 6.07) is 0. The Bertz CT molecular complexity index is 173. The van der Waals surface area contributed by atoms with Crippen LogP contribution >= 0.6 is 15.9 Å². The first kappa shape index (κ1) is 12.8. The fraction of sp³-hybridized carbons (Fsp3) is 0.625. The second-order valence-electron chi connectivity index (χ2n) is 3.15. The van der Waals surface area contributed by atoms with Gasteiger partial charge >= 0.3 is 5.97 Å². The first-order valence-electron chi connectivity index (χ1n) is 4.49. The van der Waals surface area contributed by atoms with E-state index in [1.165, 1.54) is 6.08 Å². The molecule has 0 aromatic rings. The van der Waals surface area contributed by atoms with Crippen LogP contribution in [-0.4, -0.2) is 33.6 Å². The molecule has 5 heteroatoms. The molecule has 0 saturated heterocycles. The lowest BCUT2D eigenvalue weighted by atomic mass is 9.70. The first-order valence-corrected chi connectivity index (χ1v) is 5.61. The molecule has 0 heterocycles. The van der Waals surface area contributed by atoms with Gasteiger partial charge in [-0.2, -0.15) is 0 Å². The van der Waals surface area contributed by atoms with Gasteiger partial charge in [-0.25, -0.2) is 4.79 Å². The SMILES string of the molecule is BCC(CB)(CBr)COC(=O)C=C. The molecule has 0 spiro atoms. The zero-order valence-electron chi connectivity index (χ0n) is 8.31. The second-order valence-corrected chi connectivity index (χ2v) is 3.71. The smallest absolute Gasteiger partial charge is 0.330 e. The zero-order chi connectivity index (χ0) is 10.3. The van der Waals surface area contributed by atoms with E-state index in [-0.39, 0.29) is 11.4 Å². The van der Waals surface area contributed by atoms with Gasteiger partial charge in [0.1, 0.15) is 15.7 Å². The van der Waals surface area contributed by atoms with Gasteiger partial charge < -0.3 is 4.74 Å². The van der Waals surface area contributed by atoms with Crippen molar-refractivity contribution in [1.82, 2.24) is 0 Å². The number of rotatable bonds is 6. The molecular weight excluding hydrogens is 230 g/mol. The summed E-state index contributed by atoms with van der Waals surface area (Å²) >= 11 is 3.45. The molecule has 2 nitrogen and oxygen atoms in total. The number of carbonyl (C=O) groups is 1. The van der Waals surface area contributed by atoms with Crippen molar-refractivity contribution >= 4 is 37.6 Å². The van der Waals surface area contributed by atoms with Gasteiger partial charge in [-0.15, -0.1) is 0 Å². The molecule has 0 fully saturated rings. The standard InChI is InChI=1S/C8H15B2BrO2/c1-2-7(12)13-6-8(3-9,4-10)5-11/h2H,1,3-6,9-10H2. The van der Waals surface area contributed by atoms with E-state index in [0.29, 0.717) is 6.61 Å². The predicted molar refractivity (Wildman–Crippen MR) is 64.1 cm³/mol. The molecule has 0 aliphatic rings. The third-order valence-corrected chi connectivity index (χ3v) is 3.66. The number of hydrogen-bond donors (Lipinski definition) is 0. The van der Waals surface area contributed by atoms with E-state index in [4.69, 9.17) is 4.74 Å². The van der Waals surface area contributed by atoms with Gasteiger partial charge in [0.05, 0.1) is 6.61 Å². The number of halogens is 1. The lowest BCUT2D eigenvalue weighted by Crippen LogP contribution is -2.29. The quantitative estimate of drug-likeness (QED) is 0.289. The van der Waals surface area contributed by atoms with Gasteiger partial charge in [0, 0.05) is 16.8 Å². The van der Waals surface area contributed by atoms with Crippen LogP contribution < -0.4 is 0 Å². The highest BCUT2D eigenvalue weighted by molar-refractivity contribution is 9.09. The predicted octanol–water partition coefficient (Wildman–Crippen LogP) is 0.200. The van der Waals surface area contributed by atoms with Crippen molar-refractivity contribution in [2.24, 2.45) is 5.41 Å². The highest BCUT2D eigenvalue weighted by Gasteiger charge is 2.25. The molecule has 0 amide bonds. The zero-order valence-corrected chi connectivity index (χ0v) is 9.89. The Morgan fingerprint density at radius 3 is 2.38 bits per heavy atom. The van der Waals surface area contributed by atoms with E-state index < -0.39 is 0 Å². The maximum atomic E-state index is 10.9. The van der Waals surface area contributed by atoms with Crippen LogP contribution in [0.1, 0.15) is 0 Å². The molecule has 0 saturated carbocycles. The molecule has 13 heavy (non-hydrogen) atoms. The van der Waals surface area contributed by atoms with E-state index in [1.807, 2.05) is 0 Å². The second kappa shape index (κ2) is 6.30. The Kier molecular flexibility index (Phi) is 6.21. The van der Waals surface area contributed by atoms with Gasteiger partial charge in [0.2, 0.25) is 0 Å². The number of ether oxygens (including phenoxy) is 1. The fourth-order valence-corrected chi connectivity index (χ4v) is 1.92. The van der Waals surface area contributed by atoms with Crippen LogP contribution in [0.5, 0.6) is 0 Å². The Balaban J connectivity index is 4.09. The molecule has 0 unspecified atom stereocenters. The molecule has 0 rings (SSSR count). The van der Waals surface area contributed by atoms with Crippen LogP contribution in [0.25, 0.3) is 0 Å². The number of hydrogen-bond acceptors (Lipinski definition) is 2. The van der Waals surface area contributed by atoms with Gasteiger partial charge in [-0.3, -0.25) is 0 Å². The summed E-state index contributed by atoms with van der Waals surface area (Å²) in [5.74, 6) is -0.341. The summed E-state index contributed by atoms with van der Waals surface area (Å²) in [7, 11) is 4.21. The Morgan fingerprint density at radius 1 is 1.54 bits per heavy atom. The average Bonchev–Trinajstić information content (AvgIpc) is 2.20. The molecule has 0 atom stereocenters. The minimum Gasteiger partial charge on any atom is -0.462 e. The van der Waals surface area contributed by atoms with Gasteiger partial charge in [-0.05, 0) is 0 Å². The molecule has 0 aromatic heterocycles. The third kappa shape index (κ3) is 4.03. The maximum absolute atomic E-state index is 10.9. The molecule has 0 radical (unpaired) electrons. The van der Waals surface area contributed by atoms with Gasteiger partial charge in [0.25, 0.3) is 0 Å². The van der Waals surface area contributed by atoms with Crippen molar-refractivity contribution in [1.29, 1.82) is 0 Å². The van der Waals surface area contributed by atoms with E-state index >= 15 is 0 Å². The Labute approximate surface area is 90.1 Å². The minimum absolute atomic E-state index is 0.0820. The summed E-state index contributed by atoms with van der Waals surface area (Å²) in [6.45, 7) is 3.82. The fourth-order valence-electron chi connectivity index (χ4n) is 0.965.